The van der Waals surface area contributed by atoms with E-state index in [9.17, 15) is 4.79 Å². The molecule has 0 aliphatic carbocycles. The van der Waals surface area contributed by atoms with Gasteiger partial charge in [-0.25, -0.2) is 0 Å². The third kappa shape index (κ3) is 2.88. The van der Waals surface area contributed by atoms with Gasteiger partial charge in [-0.1, -0.05) is 19.1 Å². The fourth-order valence-corrected chi connectivity index (χ4v) is 3.62. The molecule has 4 rings (SSSR count). The number of hydrogen-bond donors (Lipinski definition) is 1. The number of nitrogens with zero attached hydrogens (tertiary/aromatic N) is 2. The van der Waals surface area contributed by atoms with Crippen LogP contribution >= 0.6 is 0 Å². The van der Waals surface area contributed by atoms with Crippen molar-refractivity contribution in [3.8, 4) is 0 Å². The zero-order chi connectivity index (χ0) is 16.5. The molecule has 0 radical (unpaired) electrons. The monoisotopic (exact) mass is 321 g/mol. The minimum Gasteiger partial charge on any atom is -0.354 e. The van der Waals surface area contributed by atoms with Gasteiger partial charge in [-0.15, -0.1) is 0 Å². The summed E-state index contributed by atoms with van der Waals surface area (Å²) in [5, 5.41) is 2.34. The SMILES string of the molecule is CC1CCN(C(=O)CCc2ccc3c(c2)[nH]c2ccncc23)CC1. The van der Waals surface area contributed by atoms with E-state index in [0.717, 1.165) is 54.7 Å². The van der Waals surface area contributed by atoms with E-state index in [1.54, 1.807) is 6.20 Å². The second kappa shape index (κ2) is 6.27. The van der Waals surface area contributed by atoms with Crippen LogP contribution in [-0.2, 0) is 11.2 Å². The first kappa shape index (κ1) is 15.2. The summed E-state index contributed by atoms with van der Waals surface area (Å²) in [7, 11) is 0. The molecule has 1 fully saturated rings. The Morgan fingerprint density at radius 3 is 2.88 bits per heavy atom. The second-order valence-corrected chi connectivity index (χ2v) is 6.99. The van der Waals surface area contributed by atoms with Gasteiger partial charge in [-0.3, -0.25) is 9.78 Å². The molecule has 124 valence electrons. The molecular formula is C20H23N3O. The topological polar surface area (TPSA) is 49.0 Å². The lowest BCUT2D eigenvalue weighted by Crippen LogP contribution is -2.37. The van der Waals surface area contributed by atoms with Crippen LogP contribution in [-0.4, -0.2) is 33.9 Å². The lowest BCUT2D eigenvalue weighted by Gasteiger charge is -2.30. The standard InChI is InChI=1S/C20H23N3O/c1-14-7-10-23(11-8-14)20(24)5-3-15-2-4-16-17-13-21-9-6-18(17)22-19(16)12-15/h2,4,6,9,12-14,22H,3,5,7-8,10-11H2,1H3. The van der Waals surface area contributed by atoms with Crippen LogP contribution < -0.4 is 0 Å². The van der Waals surface area contributed by atoms with E-state index in [4.69, 9.17) is 0 Å². The average molecular weight is 321 g/mol. The van der Waals surface area contributed by atoms with Crippen LogP contribution in [0.5, 0.6) is 0 Å². The van der Waals surface area contributed by atoms with Gasteiger partial charge in [0.2, 0.25) is 5.91 Å². The molecular weight excluding hydrogens is 298 g/mol. The first-order chi connectivity index (χ1) is 11.7. The number of hydrogen-bond acceptors (Lipinski definition) is 2. The average Bonchev–Trinajstić information content (AvgIpc) is 2.98. The van der Waals surface area contributed by atoms with Gasteiger partial charge in [0.1, 0.15) is 0 Å². The van der Waals surface area contributed by atoms with Crippen molar-refractivity contribution in [2.45, 2.75) is 32.6 Å². The third-order valence-electron chi connectivity index (χ3n) is 5.23. The van der Waals surface area contributed by atoms with E-state index in [1.807, 2.05) is 17.2 Å². The number of fused-ring (bicyclic) bond motifs is 3. The molecule has 24 heavy (non-hydrogen) atoms. The number of likely N-dealkylation sites (tertiary alicyclic amines) is 1. The van der Waals surface area contributed by atoms with E-state index in [2.05, 4.69) is 35.1 Å². The Kier molecular flexibility index (Phi) is 3.97. The molecule has 4 heteroatoms. The van der Waals surface area contributed by atoms with Gasteiger partial charge >= 0.3 is 0 Å². The number of H-pyrrole nitrogens is 1. The van der Waals surface area contributed by atoms with Crippen LogP contribution in [0.4, 0.5) is 0 Å². The van der Waals surface area contributed by atoms with E-state index in [1.165, 1.54) is 10.9 Å². The molecule has 0 spiro atoms. The maximum Gasteiger partial charge on any atom is 0.222 e. The smallest absolute Gasteiger partial charge is 0.222 e. The number of carbonyl (C=O) groups is 1. The number of benzene rings is 1. The van der Waals surface area contributed by atoms with Gasteiger partial charge in [0.15, 0.2) is 0 Å². The van der Waals surface area contributed by atoms with Crippen LogP contribution in [0.1, 0.15) is 31.7 Å². The Morgan fingerprint density at radius 2 is 2.04 bits per heavy atom. The maximum absolute atomic E-state index is 12.4. The van der Waals surface area contributed by atoms with Crippen molar-refractivity contribution in [1.29, 1.82) is 0 Å². The molecule has 3 aromatic rings. The Balaban J connectivity index is 1.46. The summed E-state index contributed by atoms with van der Waals surface area (Å²) >= 11 is 0. The summed E-state index contributed by atoms with van der Waals surface area (Å²) in [5.74, 6) is 1.05. The molecule has 2 aromatic heterocycles. The number of rotatable bonds is 3. The quantitative estimate of drug-likeness (QED) is 0.795. The highest BCUT2D eigenvalue weighted by molar-refractivity contribution is 6.06. The number of aryl methyl sites for hydroxylation is 1. The first-order valence-corrected chi connectivity index (χ1v) is 8.83. The third-order valence-corrected chi connectivity index (χ3v) is 5.23. The van der Waals surface area contributed by atoms with Crippen LogP contribution in [0.3, 0.4) is 0 Å². The molecule has 0 bridgehead atoms. The molecule has 1 N–H and O–H groups in total. The van der Waals surface area contributed by atoms with Crippen LogP contribution in [0.15, 0.2) is 36.7 Å². The van der Waals surface area contributed by atoms with Crippen LogP contribution in [0.25, 0.3) is 21.8 Å². The summed E-state index contributed by atoms with van der Waals surface area (Å²) in [5.41, 5.74) is 3.44. The predicted molar refractivity (Wildman–Crippen MR) is 96.9 cm³/mol. The molecule has 1 aromatic carbocycles. The summed E-state index contributed by atoms with van der Waals surface area (Å²) in [6.45, 7) is 4.12. The zero-order valence-corrected chi connectivity index (χ0v) is 14.1. The minimum absolute atomic E-state index is 0.294. The van der Waals surface area contributed by atoms with Gasteiger partial charge in [-0.2, -0.15) is 0 Å². The normalized spacial score (nSPS) is 16.1. The van der Waals surface area contributed by atoms with Gasteiger partial charge < -0.3 is 9.88 Å². The van der Waals surface area contributed by atoms with Crippen molar-refractivity contribution in [1.82, 2.24) is 14.9 Å². The molecule has 1 aliphatic rings. The number of nitrogens with one attached hydrogen (secondary N) is 1. The molecule has 0 unspecified atom stereocenters. The summed E-state index contributed by atoms with van der Waals surface area (Å²) in [6, 6.07) is 8.43. The summed E-state index contributed by atoms with van der Waals surface area (Å²) < 4.78 is 0. The van der Waals surface area contributed by atoms with E-state index >= 15 is 0 Å². The molecule has 1 aliphatic heterocycles. The number of amides is 1. The van der Waals surface area contributed by atoms with E-state index in [-0.39, 0.29) is 0 Å². The molecule has 1 saturated heterocycles. The number of pyridine rings is 1. The highest BCUT2D eigenvalue weighted by Crippen LogP contribution is 2.25. The molecule has 3 heterocycles. The predicted octanol–water partition coefficient (Wildman–Crippen LogP) is 3.91. The first-order valence-electron chi connectivity index (χ1n) is 8.83. The Morgan fingerprint density at radius 1 is 1.21 bits per heavy atom. The van der Waals surface area contributed by atoms with Gasteiger partial charge in [0.05, 0.1) is 0 Å². The van der Waals surface area contributed by atoms with Gasteiger partial charge in [0.25, 0.3) is 0 Å². The minimum atomic E-state index is 0.294. The summed E-state index contributed by atoms with van der Waals surface area (Å²) in [4.78, 5) is 22.1. The van der Waals surface area contributed by atoms with Crippen molar-refractivity contribution in [3.05, 3.63) is 42.2 Å². The number of aromatic amines is 1. The van der Waals surface area contributed by atoms with Crippen LogP contribution in [0, 0.1) is 5.92 Å². The Hall–Kier alpha value is -2.36. The van der Waals surface area contributed by atoms with E-state index in [0.29, 0.717) is 12.3 Å². The fraction of sp³-hybridized carbons (Fsp3) is 0.400. The summed E-state index contributed by atoms with van der Waals surface area (Å²) in [6.07, 6.45) is 7.38. The molecule has 4 nitrogen and oxygen atoms in total. The van der Waals surface area contributed by atoms with Crippen LogP contribution in [0.2, 0.25) is 0 Å². The maximum atomic E-state index is 12.4. The molecule has 0 saturated carbocycles. The second-order valence-electron chi connectivity index (χ2n) is 6.99. The number of aromatic nitrogens is 2. The van der Waals surface area contributed by atoms with Crippen molar-refractivity contribution >= 4 is 27.7 Å². The fourth-order valence-electron chi connectivity index (χ4n) is 3.62. The Labute approximate surface area is 141 Å². The highest BCUT2D eigenvalue weighted by Gasteiger charge is 2.19. The zero-order valence-electron chi connectivity index (χ0n) is 14.1. The van der Waals surface area contributed by atoms with Gasteiger partial charge in [0, 0.05) is 53.7 Å². The van der Waals surface area contributed by atoms with Gasteiger partial charge in [-0.05, 0) is 42.9 Å². The van der Waals surface area contributed by atoms with Crippen molar-refractivity contribution < 1.29 is 4.79 Å². The number of carbonyl (C=O) groups excluding carboxylic acids is 1. The lowest BCUT2D eigenvalue weighted by molar-refractivity contribution is -0.132. The Bertz CT molecular complexity index is 875. The van der Waals surface area contributed by atoms with Crippen molar-refractivity contribution in [3.63, 3.8) is 0 Å². The highest BCUT2D eigenvalue weighted by atomic mass is 16.2. The molecule has 1 amide bonds. The van der Waals surface area contributed by atoms with Crippen molar-refractivity contribution in [2.75, 3.05) is 13.1 Å². The lowest BCUT2D eigenvalue weighted by atomic mass is 9.98. The number of piperidine rings is 1. The van der Waals surface area contributed by atoms with E-state index < -0.39 is 0 Å². The largest absolute Gasteiger partial charge is 0.354 e. The van der Waals surface area contributed by atoms with Crippen molar-refractivity contribution in [2.24, 2.45) is 5.92 Å². The molecule has 0 atom stereocenters.